The van der Waals surface area contributed by atoms with E-state index in [2.05, 4.69) is 101 Å². The van der Waals surface area contributed by atoms with Gasteiger partial charge in [-0.2, -0.15) is 0 Å². The van der Waals surface area contributed by atoms with Gasteiger partial charge < -0.3 is 4.90 Å². The van der Waals surface area contributed by atoms with Crippen molar-refractivity contribution >= 4 is 17.1 Å². The van der Waals surface area contributed by atoms with Crippen LogP contribution in [0.15, 0.2) is 54.6 Å². The lowest BCUT2D eigenvalue weighted by Gasteiger charge is -2.30. The first kappa shape index (κ1) is 17.3. The number of nitrogens with zero attached hydrogens (tertiary/aromatic N) is 1. The van der Waals surface area contributed by atoms with Crippen LogP contribution >= 0.6 is 0 Å². The van der Waals surface area contributed by atoms with Gasteiger partial charge in [-0.15, -0.1) is 0 Å². The summed E-state index contributed by atoms with van der Waals surface area (Å²) in [5.74, 6) is 0. The van der Waals surface area contributed by atoms with E-state index in [0.29, 0.717) is 0 Å². The molecule has 0 radical (unpaired) electrons. The van der Waals surface area contributed by atoms with Crippen molar-refractivity contribution < 1.29 is 0 Å². The Kier molecular flexibility index (Phi) is 4.67. The Hall–Kier alpha value is -2.54. The van der Waals surface area contributed by atoms with Gasteiger partial charge in [0.25, 0.3) is 0 Å². The minimum atomic E-state index is 1.25. The predicted molar refractivity (Wildman–Crippen MR) is 110 cm³/mol. The molecule has 0 spiro atoms. The van der Waals surface area contributed by atoms with E-state index in [0.717, 1.165) is 0 Å². The topological polar surface area (TPSA) is 3.24 Å². The van der Waals surface area contributed by atoms with Gasteiger partial charge in [-0.1, -0.05) is 36.4 Å². The Labute approximate surface area is 151 Å². The van der Waals surface area contributed by atoms with E-state index in [9.17, 15) is 0 Å². The van der Waals surface area contributed by atoms with Crippen LogP contribution in [0.2, 0.25) is 0 Å². The Morgan fingerprint density at radius 1 is 0.440 bits per heavy atom. The largest absolute Gasteiger partial charge is 0.310 e. The fraction of sp³-hybridized carbons (Fsp3) is 0.250. The molecule has 0 aliphatic rings. The van der Waals surface area contributed by atoms with Crippen LogP contribution in [0.25, 0.3) is 0 Å². The summed E-state index contributed by atoms with van der Waals surface area (Å²) in [5.41, 5.74) is 11.4. The predicted octanol–water partition coefficient (Wildman–Crippen LogP) is 7.01. The van der Waals surface area contributed by atoms with Crippen molar-refractivity contribution in [2.24, 2.45) is 0 Å². The summed E-state index contributed by atoms with van der Waals surface area (Å²) in [5, 5.41) is 0. The summed E-state index contributed by atoms with van der Waals surface area (Å²) in [6.07, 6.45) is 0. The Morgan fingerprint density at radius 3 is 1.00 bits per heavy atom. The molecule has 0 bridgehead atoms. The van der Waals surface area contributed by atoms with Crippen LogP contribution in [0.4, 0.5) is 17.1 Å². The van der Waals surface area contributed by atoms with Crippen LogP contribution in [-0.2, 0) is 0 Å². The van der Waals surface area contributed by atoms with Crippen LogP contribution in [0.5, 0.6) is 0 Å². The summed E-state index contributed by atoms with van der Waals surface area (Å²) < 4.78 is 0. The molecule has 0 saturated carbocycles. The average molecular weight is 329 g/mol. The highest BCUT2D eigenvalue weighted by Gasteiger charge is 2.18. The quantitative estimate of drug-likeness (QED) is 0.499. The standard InChI is InChI=1S/C24H27N/c1-16-7-10-19(4)22(13-16)25(23-14-17(2)8-11-20(23)5)24-15-18(3)9-12-21(24)6/h7-15H,1-6H3. The molecule has 3 aromatic carbocycles. The Morgan fingerprint density at radius 2 is 0.720 bits per heavy atom. The summed E-state index contributed by atoms with van der Waals surface area (Å²) in [7, 11) is 0. The van der Waals surface area contributed by atoms with Gasteiger partial charge in [-0.3, -0.25) is 0 Å². The second-order valence-electron chi connectivity index (χ2n) is 7.21. The molecule has 1 heteroatoms. The fourth-order valence-corrected chi connectivity index (χ4v) is 3.27. The van der Waals surface area contributed by atoms with Crippen LogP contribution in [-0.4, -0.2) is 0 Å². The van der Waals surface area contributed by atoms with E-state index in [1.165, 1.54) is 50.4 Å². The van der Waals surface area contributed by atoms with Crippen molar-refractivity contribution in [1.29, 1.82) is 0 Å². The van der Waals surface area contributed by atoms with Crippen molar-refractivity contribution in [3.8, 4) is 0 Å². The molecule has 1 nitrogen and oxygen atoms in total. The van der Waals surface area contributed by atoms with E-state index in [-0.39, 0.29) is 0 Å². The zero-order valence-corrected chi connectivity index (χ0v) is 16.1. The molecule has 0 heterocycles. The highest BCUT2D eigenvalue weighted by Crippen LogP contribution is 2.40. The van der Waals surface area contributed by atoms with E-state index in [4.69, 9.17) is 0 Å². The molecule has 0 saturated heterocycles. The van der Waals surface area contributed by atoms with Gasteiger partial charge in [0.1, 0.15) is 0 Å². The van der Waals surface area contributed by atoms with Gasteiger partial charge in [0.15, 0.2) is 0 Å². The number of hydrogen-bond acceptors (Lipinski definition) is 1. The normalized spacial score (nSPS) is 10.8. The maximum atomic E-state index is 2.42. The first-order chi connectivity index (χ1) is 11.9. The summed E-state index contributed by atoms with van der Waals surface area (Å²) >= 11 is 0. The molecule has 3 aromatic rings. The number of benzene rings is 3. The second-order valence-corrected chi connectivity index (χ2v) is 7.21. The van der Waals surface area contributed by atoms with Gasteiger partial charge in [-0.25, -0.2) is 0 Å². The minimum Gasteiger partial charge on any atom is -0.310 e. The van der Waals surface area contributed by atoms with E-state index < -0.39 is 0 Å². The highest BCUT2D eigenvalue weighted by atomic mass is 15.1. The van der Waals surface area contributed by atoms with Gasteiger partial charge in [-0.05, 0) is 93.1 Å². The van der Waals surface area contributed by atoms with Gasteiger partial charge in [0, 0.05) is 17.1 Å². The molecule has 3 rings (SSSR count). The minimum absolute atomic E-state index is 1.25. The lowest BCUT2D eigenvalue weighted by atomic mass is 10.0. The molecule has 0 amide bonds. The molecule has 0 N–H and O–H groups in total. The zero-order chi connectivity index (χ0) is 18.1. The summed E-state index contributed by atoms with van der Waals surface area (Å²) in [4.78, 5) is 2.42. The Bertz CT molecular complexity index is 799. The molecular weight excluding hydrogens is 302 g/mol. The van der Waals surface area contributed by atoms with Crippen molar-refractivity contribution in [1.82, 2.24) is 0 Å². The van der Waals surface area contributed by atoms with Gasteiger partial charge in [0.2, 0.25) is 0 Å². The Balaban J connectivity index is 2.34. The lowest BCUT2D eigenvalue weighted by Crippen LogP contribution is -2.14. The molecule has 0 aromatic heterocycles. The van der Waals surface area contributed by atoms with E-state index in [1.54, 1.807) is 0 Å². The number of anilines is 3. The maximum Gasteiger partial charge on any atom is 0.0493 e. The second kappa shape index (κ2) is 6.76. The summed E-state index contributed by atoms with van der Waals surface area (Å²) in [6.45, 7) is 13.1. The third-order valence-electron chi connectivity index (χ3n) is 4.82. The maximum absolute atomic E-state index is 2.42. The molecular formula is C24H27N. The van der Waals surface area contributed by atoms with E-state index in [1.807, 2.05) is 0 Å². The number of rotatable bonds is 3. The van der Waals surface area contributed by atoms with Gasteiger partial charge >= 0.3 is 0 Å². The van der Waals surface area contributed by atoms with Gasteiger partial charge in [0.05, 0.1) is 0 Å². The lowest BCUT2D eigenvalue weighted by molar-refractivity contribution is 1.18. The molecule has 0 aliphatic carbocycles. The monoisotopic (exact) mass is 329 g/mol. The van der Waals surface area contributed by atoms with Crippen LogP contribution in [0.3, 0.4) is 0 Å². The highest BCUT2D eigenvalue weighted by molar-refractivity contribution is 5.82. The molecule has 128 valence electrons. The van der Waals surface area contributed by atoms with E-state index >= 15 is 0 Å². The molecule has 25 heavy (non-hydrogen) atoms. The third kappa shape index (κ3) is 3.46. The number of aryl methyl sites for hydroxylation is 6. The zero-order valence-electron chi connectivity index (χ0n) is 16.1. The fourth-order valence-electron chi connectivity index (χ4n) is 3.27. The first-order valence-electron chi connectivity index (χ1n) is 8.88. The SMILES string of the molecule is Cc1ccc(C)c(N(c2cc(C)ccc2C)c2cc(C)ccc2C)c1. The molecule has 0 aliphatic heterocycles. The van der Waals surface area contributed by atoms with Crippen molar-refractivity contribution in [3.05, 3.63) is 88.0 Å². The molecule has 0 unspecified atom stereocenters. The van der Waals surface area contributed by atoms with Crippen molar-refractivity contribution in [2.75, 3.05) is 4.90 Å². The first-order valence-corrected chi connectivity index (χ1v) is 8.88. The molecule has 0 fully saturated rings. The van der Waals surface area contributed by atoms with Crippen molar-refractivity contribution in [2.45, 2.75) is 41.5 Å². The van der Waals surface area contributed by atoms with Crippen molar-refractivity contribution in [3.63, 3.8) is 0 Å². The average Bonchev–Trinajstić information content (AvgIpc) is 2.57. The molecule has 0 atom stereocenters. The van der Waals surface area contributed by atoms with Crippen LogP contribution in [0, 0.1) is 41.5 Å². The summed E-state index contributed by atoms with van der Waals surface area (Å²) in [6, 6.07) is 20.1. The smallest absolute Gasteiger partial charge is 0.0493 e. The van der Waals surface area contributed by atoms with Crippen LogP contribution in [0.1, 0.15) is 33.4 Å². The third-order valence-corrected chi connectivity index (χ3v) is 4.82. The van der Waals surface area contributed by atoms with Crippen LogP contribution < -0.4 is 4.90 Å². The number of hydrogen-bond donors (Lipinski definition) is 0.